The Balaban J connectivity index is 1.41. The molecule has 0 saturated carbocycles. The van der Waals surface area contributed by atoms with Crippen LogP contribution < -0.4 is 16.0 Å². The third-order valence-electron chi connectivity index (χ3n) is 5.71. The third kappa shape index (κ3) is 4.42. The van der Waals surface area contributed by atoms with Crippen molar-refractivity contribution in [1.82, 2.24) is 20.1 Å². The lowest BCUT2D eigenvalue weighted by Crippen LogP contribution is -2.34. The summed E-state index contributed by atoms with van der Waals surface area (Å²) >= 11 is 0. The number of fused-ring (bicyclic) bond motifs is 1. The Morgan fingerprint density at radius 1 is 1.16 bits per heavy atom. The van der Waals surface area contributed by atoms with E-state index in [1.165, 1.54) is 6.20 Å². The summed E-state index contributed by atoms with van der Waals surface area (Å²) in [5, 5.41) is 7.24. The van der Waals surface area contributed by atoms with Crippen molar-refractivity contribution in [3.05, 3.63) is 65.7 Å². The zero-order chi connectivity index (χ0) is 22.0. The maximum absolute atomic E-state index is 12.7. The first kappa shape index (κ1) is 20.6. The first-order valence-corrected chi connectivity index (χ1v) is 10.3. The minimum Gasteiger partial charge on any atom is -0.378 e. The molecule has 2 aromatic heterocycles. The van der Waals surface area contributed by atoms with Crippen LogP contribution in [-0.2, 0) is 13.0 Å². The summed E-state index contributed by atoms with van der Waals surface area (Å²) < 4.78 is 1.83. The van der Waals surface area contributed by atoms with Crippen LogP contribution in [0.5, 0.6) is 0 Å². The molecule has 1 aromatic carbocycles. The number of carbonyl (C=O) groups is 2. The van der Waals surface area contributed by atoms with E-state index in [1.807, 2.05) is 54.0 Å². The van der Waals surface area contributed by atoms with Crippen molar-refractivity contribution in [2.24, 2.45) is 11.7 Å². The van der Waals surface area contributed by atoms with E-state index in [-0.39, 0.29) is 11.8 Å². The Morgan fingerprint density at radius 2 is 1.94 bits per heavy atom. The van der Waals surface area contributed by atoms with Crippen molar-refractivity contribution >= 4 is 17.5 Å². The highest BCUT2D eigenvalue weighted by molar-refractivity contribution is 5.95. The van der Waals surface area contributed by atoms with Gasteiger partial charge in [0.1, 0.15) is 0 Å². The Hall–Kier alpha value is -3.68. The lowest BCUT2D eigenvalue weighted by atomic mass is 9.94. The highest BCUT2D eigenvalue weighted by Crippen LogP contribution is 2.24. The van der Waals surface area contributed by atoms with Crippen LogP contribution in [0, 0.1) is 5.92 Å². The molecule has 4 rings (SSSR count). The molecule has 1 aliphatic rings. The zero-order valence-electron chi connectivity index (χ0n) is 17.7. The second-order valence-corrected chi connectivity index (χ2v) is 8.06. The van der Waals surface area contributed by atoms with Crippen molar-refractivity contribution < 1.29 is 9.59 Å². The Labute approximate surface area is 181 Å². The van der Waals surface area contributed by atoms with E-state index in [1.54, 1.807) is 12.4 Å². The maximum atomic E-state index is 12.7. The number of hydrogen-bond donors (Lipinski definition) is 2. The number of primary amides is 1. The van der Waals surface area contributed by atoms with Crippen molar-refractivity contribution in [3.8, 4) is 11.1 Å². The first-order valence-electron chi connectivity index (χ1n) is 10.3. The van der Waals surface area contributed by atoms with Gasteiger partial charge in [0.15, 0.2) is 0 Å². The summed E-state index contributed by atoms with van der Waals surface area (Å²) in [4.78, 5) is 30.6. The van der Waals surface area contributed by atoms with Gasteiger partial charge in [0.2, 0.25) is 0 Å². The van der Waals surface area contributed by atoms with Gasteiger partial charge in [-0.15, -0.1) is 0 Å². The number of anilines is 1. The molecule has 0 saturated heterocycles. The van der Waals surface area contributed by atoms with Crippen molar-refractivity contribution in [1.29, 1.82) is 0 Å². The van der Waals surface area contributed by atoms with E-state index in [0.29, 0.717) is 30.6 Å². The predicted octanol–water partition coefficient (Wildman–Crippen LogP) is 2.10. The first-order chi connectivity index (χ1) is 14.9. The van der Waals surface area contributed by atoms with Crippen LogP contribution in [0.1, 0.15) is 32.8 Å². The average molecular weight is 419 g/mol. The van der Waals surface area contributed by atoms with Crippen LogP contribution in [-0.4, -0.2) is 47.2 Å². The molecular weight excluding hydrogens is 392 g/mol. The van der Waals surface area contributed by atoms with Crippen LogP contribution in [0.4, 0.5) is 5.69 Å². The molecule has 8 nitrogen and oxygen atoms in total. The van der Waals surface area contributed by atoms with Gasteiger partial charge in [0.25, 0.3) is 11.8 Å². The van der Waals surface area contributed by atoms with Gasteiger partial charge in [-0.05, 0) is 42.5 Å². The van der Waals surface area contributed by atoms with E-state index in [9.17, 15) is 9.59 Å². The third-order valence-corrected chi connectivity index (χ3v) is 5.71. The Morgan fingerprint density at radius 3 is 2.65 bits per heavy atom. The summed E-state index contributed by atoms with van der Waals surface area (Å²) in [5.41, 5.74) is 10.3. The Bertz CT molecular complexity index is 1100. The van der Waals surface area contributed by atoms with Gasteiger partial charge in [-0.25, -0.2) is 0 Å². The van der Waals surface area contributed by atoms with Crippen LogP contribution >= 0.6 is 0 Å². The summed E-state index contributed by atoms with van der Waals surface area (Å²) in [6.45, 7) is 1.23. The monoisotopic (exact) mass is 418 g/mol. The van der Waals surface area contributed by atoms with Gasteiger partial charge in [0.05, 0.1) is 23.0 Å². The number of benzene rings is 1. The van der Waals surface area contributed by atoms with E-state index in [0.717, 1.165) is 28.9 Å². The highest BCUT2D eigenvalue weighted by Gasteiger charge is 2.24. The van der Waals surface area contributed by atoms with E-state index < -0.39 is 5.91 Å². The van der Waals surface area contributed by atoms with Crippen LogP contribution in [0.3, 0.4) is 0 Å². The average Bonchev–Trinajstić information content (AvgIpc) is 3.21. The fourth-order valence-electron chi connectivity index (χ4n) is 3.89. The largest absolute Gasteiger partial charge is 0.378 e. The molecule has 0 spiro atoms. The Kier molecular flexibility index (Phi) is 5.70. The topological polar surface area (TPSA) is 106 Å². The molecule has 0 bridgehead atoms. The number of rotatable bonds is 6. The predicted molar refractivity (Wildman–Crippen MR) is 119 cm³/mol. The number of aryl methyl sites for hydroxylation is 1. The fourth-order valence-corrected chi connectivity index (χ4v) is 3.89. The molecular formula is C23H26N6O2. The van der Waals surface area contributed by atoms with Crippen molar-refractivity contribution in [2.75, 3.05) is 25.5 Å². The number of nitrogens with zero attached hydrogens (tertiary/aromatic N) is 4. The summed E-state index contributed by atoms with van der Waals surface area (Å²) in [7, 11) is 3.99. The van der Waals surface area contributed by atoms with Crippen LogP contribution in [0.2, 0.25) is 0 Å². The minimum absolute atomic E-state index is 0.159. The van der Waals surface area contributed by atoms with Crippen LogP contribution in [0.15, 0.2) is 48.9 Å². The molecule has 1 atom stereocenters. The molecule has 0 aliphatic carbocycles. The lowest BCUT2D eigenvalue weighted by Gasteiger charge is -2.24. The number of carbonyl (C=O) groups excluding carboxylic acids is 2. The van der Waals surface area contributed by atoms with Gasteiger partial charge in [0, 0.05) is 50.8 Å². The number of nitrogens with two attached hydrogens (primary N) is 1. The van der Waals surface area contributed by atoms with Crippen LogP contribution in [0.25, 0.3) is 11.1 Å². The lowest BCUT2D eigenvalue weighted by molar-refractivity contribution is 0.0941. The van der Waals surface area contributed by atoms with Gasteiger partial charge in [-0.2, -0.15) is 5.10 Å². The fraction of sp³-hybridized carbons (Fsp3) is 0.304. The SMILES string of the molecule is CN(C)c1ccc(-c2cncc(C(=O)NCC3CCn4ncc(C(N)=O)c4C3)c2)cc1. The molecule has 0 radical (unpaired) electrons. The molecule has 2 amide bonds. The summed E-state index contributed by atoms with van der Waals surface area (Å²) in [5.74, 6) is -0.401. The molecule has 31 heavy (non-hydrogen) atoms. The van der Waals surface area contributed by atoms with E-state index in [4.69, 9.17) is 5.73 Å². The molecule has 3 N–H and O–H groups in total. The second kappa shape index (κ2) is 8.59. The van der Waals surface area contributed by atoms with Gasteiger partial charge in [-0.3, -0.25) is 19.3 Å². The number of aromatic nitrogens is 3. The van der Waals surface area contributed by atoms with Gasteiger partial charge >= 0.3 is 0 Å². The number of hydrogen-bond acceptors (Lipinski definition) is 5. The highest BCUT2D eigenvalue weighted by atomic mass is 16.2. The summed E-state index contributed by atoms with van der Waals surface area (Å²) in [6, 6.07) is 9.98. The van der Waals surface area contributed by atoms with E-state index in [2.05, 4.69) is 15.4 Å². The van der Waals surface area contributed by atoms with E-state index >= 15 is 0 Å². The quantitative estimate of drug-likeness (QED) is 0.638. The van der Waals surface area contributed by atoms with Gasteiger partial charge < -0.3 is 16.0 Å². The molecule has 1 aliphatic heterocycles. The smallest absolute Gasteiger partial charge is 0.252 e. The molecule has 0 fully saturated rings. The standard InChI is InChI=1S/C23H26N6O2/c1-28(2)19-5-3-16(4-6-19)17-10-18(13-25-12-17)23(31)26-11-15-7-8-29-21(9-15)20(14-27-29)22(24)30/h3-6,10,12-15H,7-9,11H2,1-2H3,(H2,24,30)(H,26,31). The summed E-state index contributed by atoms with van der Waals surface area (Å²) in [6.07, 6.45) is 6.41. The number of pyridine rings is 1. The maximum Gasteiger partial charge on any atom is 0.252 e. The normalized spacial score (nSPS) is 15.2. The number of amides is 2. The second-order valence-electron chi connectivity index (χ2n) is 8.06. The molecule has 1 unspecified atom stereocenters. The zero-order valence-corrected chi connectivity index (χ0v) is 17.7. The molecule has 160 valence electrons. The molecule has 3 heterocycles. The minimum atomic E-state index is -0.465. The molecule has 3 aromatic rings. The van der Waals surface area contributed by atoms with Crippen molar-refractivity contribution in [3.63, 3.8) is 0 Å². The van der Waals surface area contributed by atoms with Crippen molar-refractivity contribution in [2.45, 2.75) is 19.4 Å². The molecule has 8 heteroatoms. The number of nitrogens with one attached hydrogen (secondary N) is 1. The van der Waals surface area contributed by atoms with Gasteiger partial charge in [-0.1, -0.05) is 12.1 Å².